The van der Waals surface area contributed by atoms with Crippen LogP contribution >= 0.6 is 22.6 Å². The van der Waals surface area contributed by atoms with Crippen molar-refractivity contribution in [2.24, 2.45) is 4.99 Å². The minimum Gasteiger partial charge on any atom is -0.263 e. The first-order valence-electron chi connectivity index (χ1n) is 4.20. The van der Waals surface area contributed by atoms with Gasteiger partial charge < -0.3 is 0 Å². The Hall–Kier alpha value is -0.970. The second-order valence-electron chi connectivity index (χ2n) is 2.59. The average molecular weight is 298 g/mol. The van der Waals surface area contributed by atoms with Crippen LogP contribution in [0.25, 0.3) is 0 Å². The van der Waals surface area contributed by atoms with Crippen LogP contribution in [0, 0.1) is 3.57 Å². The van der Waals surface area contributed by atoms with E-state index in [4.69, 9.17) is 0 Å². The van der Waals surface area contributed by atoms with Gasteiger partial charge in [0, 0.05) is 27.7 Å². The van der Waals surface area contributed by atoms with E-state index in [9.17, 15) is 0 Å². The molecule has 0 aromatic carbocycles. The quantitative estimate of drug-likeness (QED) is 0.621. The summed E-state index contributed by atoms with van der Waals surface area (Å²) < 4.78 is 1.10. The van der Waals surface area contributed by atoms with Gasteiger partial charge in [-0.15, -0.1) is 0 Å². The second kappa shape index (κ2) is 5.70. The molecular formula is C11H11IN2. The molecule has 0 aliphatic carbocycles. The van der Waals surface area contributed by atoms with Crippen molar-refractivity contribution in [3.8, 4) is 0 Å². The van der Waals surface area contributed by atoms with E-state index in [1.165, 1.54) is 6.20 Å². The van der Waals surface area contributed by atoms with Crippen LogP contribution < -0.4 is 0 Å². The predicted molar refractivity (Wildman–Crippen MR) is 68.5 cm³/mol. The molecule has 1 rings (SSSR count). The van der Waals surface area contributed by atoms with Gasteiger partial charge in [-0.05, 0) is 41.7 Å². The van der Waals surface area contributed by atoms with Crippen molar-refractivity contribution in [2.45, 2.75) is 6.92 Å². The fraction of sp³-hybridized carbons (Fsp3) is 0.0909. The molecule has 0 bridgehead atoms. The van der Waals surface area contributed by atoms with Crippen molar-refractivity contribution in [1.29, 1.82) is 0 Å². The Morgan fingerprint density at radius 1 is 1.57 bits per heavy atom. The van der Waals surface area contributed by atoms with Gasteiger partial charge in [0.1, 0.15) is 0 Å². The van der Waals surface area contributed by atoms with Crippen LogP contribution in [0.5, 0.6) is 0 Å². The highest BCUT2D eigenvalue weighted by Gasteiger charge is 1.99. The van der Waals surface area contributed by atoms with Gasteiger partial charge in [-0.3, -0.25) is 9.98 Å². The summed E-state index contributed by atoms with van der Waals surface area (Å²) in [6, 6.07) is 2.04. The number of halogens is 1. The molecule has 0 aliphatic heterocycles. The molecule has 0 aliphatic rings. The topological polar surface area (TPSA) is 25.2 Å². The molecule has 1 aromatic heterocycles. The molecule has 72 valence electrons. The Morgan fingerprint density at radius 2 is 2.36 bits per heavy atom. The smallest absolute Gasteiger partial charge is 0.0714 e. The van der Waals surface area contributed by atoms with E-state index in [1.807, 2.05) is 31.3 Å². The van der Waals surface area contributed by atoms with E-state index in [2.05, 4.69) is 39.1 Å². The van der Waals surface area contributed by atoms with Crippen LogP contribution in [-0.4, -0.2) is 10.7 Å². The maximum atomic E-state index is 4.18. The summed E-state index contributed by atoms with van der Waals surface area (Å²) in [5.74, 6) is 0. The van der Waals surface area contributed by atoms with Crippen LogP contribution in [0.4, 0.5) is 0 Å². The molecule has 0 fully saturated rings. The minimum atomic E-state index is 0.883. The standard InChI is InChI=1S/C11H11IN2/c1-3-5-11(14-4-2)9-6-10(12)8-13-7-9/h3-8H,2H2,1H3/b5-3-,14-11?. The van der Waals surface area contributed by atoms with Gasteiger partial charge in [0.05, 0.1) is 5.71 Å². The number of aliphatic imine (C=N–C) groups is 1. The molecule has 2 nitrogen and oxygen atoms in total. The molecule has 1 aromatic rings. The van der Waals surface area contributed by atoms with Crippen molar-refractivity contribution in [3.05, 3.63) is 52.5 Å². The summed E-state index contributed by atoms with van der Waals surface area (Å²) in [6.45, 7) is 5.55. The van der Waals surface area contributed by atoms with E-state index in [1.54, 1.807) is 6.20 Å². The third kappa shape index (κ3) is 3.06. The highest BCUT2D eigenvalue weighted by Crippen LogP contribution is 2.07. The third-order valence-electron chi connectivity index (χ3n) is 1.56. The largest absolute Gasteiger partial charge is 0.263 e. The number of nitrogens with zero attached hydrogens (tertiary/aromatic N) is 2. The molecule has 1 heterocycles. The Bertz CT molecular complexity index is 381. The third-order valence-corrected chi connectivity index (χ3v) is 2.15. The van der Waals surface area contributed by atoms with Gasteiger partial charge in [0.2, 0.25) is 0 Å². The predicted octanol–water partition coefficient (Wildman–Crippen LogP) is 3.19. The van der Waals surface area contributed by atoms with Crippen molar-refractivity contribution in [3.63, 3.8) is 0 Å². The van der Waals surface area contributed by atoms with Crippen LogP contribution in [-0.2, 0) is 0 Å². The SMILES string of the molecule is C=CN=C(/C=C\C)c1cncc(I)c1. The maximum absolute atomic E-state index is 4.18. The fourth-order valence-electron chi connectivity index (χ4n) is 1.02. The molecule has 0 atom stereocenters. The van der Waals surface area contributed by atoms with Crippen LogP contribution in [0.2, 0.25) is 0 Å². The Balaban J connectivity index is 3.11. The molecule has 0 amide bonds. The van der Waals surface area contributed by atoms with E-state index < -0.39 is 0 Å². The zero-order valence-electron chi connectivity index (χ0n) is 7.94. The molecule has 0 N–H and O–H groups in total. The summed E-state index contributed by atoms with van der Waals surface area (Å²) in [7, 11) is 0. The molecular weight excluding hydrogens is 287 g/mol. The van der Waals surface area contributed by atoms with Crippen LogP contribution in [0.15, 0.2) is 48.4 Å². The number of pyridine rings is 1. The molecule has 3 heteroatoms. The molecule has 14 heavy (non-hydrogen) atoms. The van der Waals surface area contributed by atoms with Gasteiger partial charge in [-0.2, -0.15) is 0 Å². The van der Waals surface area contributed by atoms with Crippen LogP contribution in [0.3, 0.4) is 0 Å². The minimum absolute atomic E-state index is 0.883. The Kier molecular flexibility index (Phi) is 4.52. The van der Waals surface area contributed by atoms with Crippen LogP contribution in [0.1, 0.15) is 12.5 Å². The first-order chi connectivity index (χ1) is 6.77. The monoisotopic (exact) mass is 298 g/mol. The van der Waals surface area contributed by atoms with E-state index in [-0.39, 0.29) is 0 Å². The van der Waals surface area contributed by atoms with Gasteiger partial charge in [0.15, 0.2) is 0 Å². The molecule has 0 unspecified atom stereocenters. The normalized spacial score (nSPS) is 12.0. The van der Waals surface area contributed by atoms with E-state index in [0.717, 1.165) is 14.8 Å². The lowest BCUT2D eigenvalue weighted by Crippen LogP contribution is -1.97. The van der Waals surface area contributed by atoms with Crippen molar-refractivity contribution < 1.29 is 0 Å². The molecule has 0 saturated heterocycles. The lowest BCUT2D eigenvalue weighted by atomic mass is 10.1. The second-order valence-corrected chi connectivity index (χ2v) is 3.83. The lowest BCUT2D eigenvalue weighted by Gasteiger charge is -1.99. The van der Waals surface area contributed by atoms with Gasteiger partial charge in [-0.25, -0.2) is 0 Å². The van der Waals surface area contributed by atoms with Crippen molar-refractivity contribution in [1.82, 2.24) is 4.98 Å². The number of rotatable bonds is 3. The zero-order valence-corrected chi connectivity index (χ0v) is 10.1. The van der Waals surface area contributed by atoms with Gasteiger partial charge in [-0.1, -0.05) is 12.7 Å². The first kappa shape index (κ1) is 11.1. The number of allylic oxidation sites excluding steroid dienone is 2. The summed E-state index contributed by atoms with van der Waals surface area (Å²) in [5.41, 5.74) is 1.89. The summed E-state index contributed by atoms with van der Waals surface area (Å²) in [4.78, 5) is 8.29. The molecule has 0 spiro atoms. The van der Waals surface area contributed by atoms with Gasteiger partial charge in [0.25, 0.3) is 0 Å². The number of aromatic nitrogens is 1. The Labute approximate surface area is 97.6 Å². The van der Waals surface area contributed by atoms with Crippen molar-refractivity contribution >= 4 is 28.3 Å². The Morgan fingerprint density at radius 3 is 2.93 bits per heavy atom. The zero-order chi connectivity index (χ0) is 10.4. The molecule has 0 saturated carbocycles. The summed E-state index contributed by atoms with van der Waals surface area (Å²) in [6.07, 6.45) is 9.03. The summed E-state index contributed by atoms with van der Waals surface area (Å²) in [5, 5.41) is 0. The molecule has 0 radical (unpaired) electrons. The lowest BCUT2D eigenvalue weighted by molar-refractivity contribution is 1.29. The highest BCUT2D eigenvalue weighted by atomic mass is 127. The first-order valence-corrected chi connectivity index (χ1v) is 5.28. The maximum Gasteiger partial charge on any atom is 0.0714 e. The van der Waals surface area contributed by atoms with E-state index in [0.29, 0.717) is 0 Å². The number of hydrogen-bond donors (Lipinski definition) is 0. The van der Waals surface area contributed by atoms with Gasteiger partial charge >= 0.3 is 0 Å². The fourth-order valence-corrected chi connectivity index (χ4v) is 1.52. The number of hydrogen-bond acceptors (Lipinski definition) is 2. The van der Waals surface area contributed by atoms with E-state index >= 15 is 0 Å². The summed E-state index contributed by atoms with van der Waals surface area (Å²) >= 11 is 2.23. The average Bonchev–Trinajstić information content (AvgIpc) is 2.17. The highest BCUT2D eigenvalue weighted by molar-refractivity contribution is 14.1. The van der Waals surface area contributed by atoms with Crippen molar-refractivity contribution in [2.75, 3.05) is 0 Å².